The van der Waals surface area contributed by atoms with Crippen LogP contribution in [0.25, 0.3) is 11.0 Å². The van der Waals surface area contributed by atoms with E-state index in [1.54, 1.807) is 6.07 Å². The van der Waals surface area contributed by atoms with Crippen molar-refractivity contribution in [2.45, 2.75) is 31.1 Å². The van der Waals surface area contributed by atoms with Gasteiger partial charge in [0.1, 0.15) is 5.52 Å². The van der Waals surface area contributed by atoms with Gasteiger partial charge in [0.2, 0.25) is 5.95 Å². The van der Waals surface area contributed by atoms with E-state index in [-0.39, 0.29) is 5.82 Å². The fraction of sp³-hybridized carbons (Fsp3) is 0.462. The minimum atomic E-state index is -0.297. The monoisotopic (exact) mass is 265 g/mol. The molecule has 2 aromatic rings. The van der Waals surface area contributed by atoms with Crippen molar-refractivity contribution >= 4 is 28.7 Å². The van der Waals surface area contributed by atoms with E-state index in [2.05, 4.69) is 4.98 Å². The Morgan fingerprint density at radius 2 is 2.33 bits per heavy atom. The van der Waals surface area contributed by atoms with Gasteiger partial charge in [-0.25, -0.2) is 9.37 Å². The molecule has 0 spiro atoms. The molecule has 1 aromatic heterocycles. The van der Waals surface area contributed by atoms with Gasteiger partial charge in [0.25, 0.3) is 0 Å². The number of para-hydroxylation sites is 1. The first-order valence-corrected chi connectivity index (χ1v) is 7.32. The molecule has 1 atom stereocenters. The molecule has 0 radical (unpaired) electrons. The second-order valence-electron chi connectivity index (χ2n) is 4.68. The summed E-state index contributed by atoms with van der Waals surface area (Å²) in [6.07, 6.45) is 3.79. The summed E-state index contributed by atoms with van der Waals surface area (Å²) in [7, 11) is 0. The van der Waals surface area contributed by atoms with Crippen LogP contribution in [0, 0.1) is 5.82 Å². The highest BCUT2D eigenvalue weighted by molar-refractivity contribution is 7.99. The molecule has 0 saturated carbocycles. The summed E-state index contributed by atoms with van der Waals surface area (Å²) < 4.78 is 15.6. The first-order valence-electron chi connectivity index (χ1n) is 6.27. The maximum absolute atomic E-state index is 13.6. The van der Waals surface area contributed by atoms with Crippen LogP contribution in [0.1, 0.15) is 19.3 Å². The highest BCUT2D eigenvalue weighted by atomic mass is 32.2. The second-order valence-corrected chi connectivity index (χ2v) is 6.09. The molecule has 1 aliphatic heterocycles. The van der Waals surface area contributed by atoms with E-state index in [1.807, 2.05) is 22.4 Å². The maximum atomic E-state index is 13.6. The second kappa shape index (κ2) is 4.80. The van der Waals surface area contributed by atoms with Crippen molar-refractivity contribution in [1.29, 1.82) is 0 Å². The van der Waals surface area contributed by atoms with Gasteiger partial charge in [-0.15, -0.1) is 0 Å². The van der Waals surface area contributed by atoms with Gasteiger partial charge in [0.05, 0.1) is 5.52 Å². The number of imidazole rings is 1. The molecule has 96 valence electrons. The number of nitrogen functional groups attached to an aromatic ring is 1. The molecule has 0 amide bonds. The van der Waals surface area contributed by atoms with Gasteiger partial charge in [0, 0.05) is 11.8 Å². The summed E-state index contributed by atoms with van der Waals surface area (Å²) in [6, 6.07) is 5.02. The number of rotatable bonds is 2. The third kappa shape index (κ3) is 2.07. The van der Waals surface area contributed by atoms with Gasteiger partial charge in [-0.1, -0.05) is 12.5 Å². The Labute approximate surface area is 110 Å². The molecule has 1 unspecified atom stereocenters. The first kappa shape index (κ1) is 11.8. The van der Waals surface area contributed by atoms with Crippen LogP contribution in [0.15, 0.2) is 18.2 Å². The number of benzene rings is 1. The maximum Gasteiger partial charge on any atom is 0.201 e. The molecule has 2 N–H and O–H groups in total. The lowest BCUT2D eigenvalue weighted by molar-refractivity contribution is 0.595. The zero-order valence-electron chi connectivity index (χ0n) is 10.1. The average molecular weight is 265 g/mol. The number of halogens is 1. The molecule has 1 aliphatic rings. The molecule has 3 nitrogen and oxygen atoms in total. The van der Waals surface area contributed by atoms with Gasteiger partial charge in [0.15, 0.2) is 5.82 Å². The van der Waals surface area contributed by atoms with E-state index >= 15 is 0 Å². The van der Waals surface area contributed by atoms with E-state index < -0.39 is 0 Å². The highest BCUT2D eigenvalue weighted by Crippen LogP contribution is 2.29. The van der Waals surface area contributed by atoms with Gasteiger partial charge in [-0.3, -0.25) is 0 Å². The smallest absolute Gasteiger partial charge is 0.201 e. The molecule has 5 heteroatoms. The molecule has 3 rings (SSSR count). The molecule has 2 heterocycles. The number of aromatic nitrogens is 2. The molecule has 1 saturated heterocycles. The molecule has 18 heavy (non-hydrogen) atoms. The van der Waals surface area contributed by atoms with Crippen LogP contribution >= 0.6 is 11.8 Å². The summed E-state index contributed by atoms with van der Waals surface area (Å²) in [5.41, 5.74) is 7.10. The van der Waals surface area contributed by atoms with Crippen LogP contribution in [0.4, 0.5) is 10.3 Å². The topological polar surface area (TPSA) is 43.8 Å². The fourth-order valence-electron chi connectivity index (χ4n) is 2.48. The van der Waals surface area contributed by atoms with Crippen LogP contribution in [-0.4, -0.2) is 20.6 Å². The van der Waals surface area contributed by atoms with Crippen molar-refractivity contribution in [2.75, 3.05) is 11.5 Å². The SMILES string of the molecule is Nc1nc2c(F)cccc2n1CC1CCCCS1. The van der Waals surface area contributed by atoms with Crippen LogP contribution < -0.4 is 5.73 Å². The van der Waals surface area contributed by atoms with Crippen molar-refractivity contribution in [3.8, 4) is 0 Å². The zero-order valence-corrected chi connectivity index (χ0v) is 10.9. The van der Waals surface area contributed by atoms with E-state index in [1.165, 1.54) is 31.1 Å². The van der Waals surface area contributed by atoms with E-state index in [0.29, 0.717) is 16.7 Å². The Kier molecular flexibility index (Phi) is 3.16. The lowest BCUT2D eigenvalue weighted by Gasteiger charge is -2.22. The van der Waals surface area contributed by atoms with Crippen molar-refractivity contribution in [3.05, 3.63) is 24.0 Å². The third-order valence-electron chi connectivity index (χ3n) is 3.42. The van der Waals surface area contributed by atoms with Crippen LogP contribution in [0.5, 0.6) is 0 Å². The number of nitrogens with zero attached hydrogens (tertiary/aromatic N) is 2. The summed E-state index contributed by atoms with van der Waals surface area (Å²) in [6.45, 7) is 0.830. The van der Waals surface area contributed by atoms with Gasteiger partial charge < -0.3 is 10.3 Å². The minimum Gasteiger partial charge on any atom is -0.369 e. The molecule has 1 fully saturated rings. The molecule has 0 bridgehead atoms. The van der Waals surface area contributed by atoms with Gasteiger partial charge >= 0.3 is 0 Å². The van der Waals surface area contributed by atoms with E-state index in [4.69, 9.17) is 5.73 Å². The summed E-state index contributed by atoms with van der Waals surface area (Å²) in [4.78, 5) is 4.13. The Morgan fingerprint density at radius 1 is 1.44 bits per heavy atom. The third-order valence-corrected chi connectivity index (χ3v) is 4.80. The molecule has 0 aliphatic carbocycles. The standard InChI is InChI=1S/C13H16FN3S/c14-10-5-3-6-11-12(10)16-13(15)17(11)8-9-4-1-2-7-18-9/h3,5-6,9H,1-2,4,7-8H2,(H2,15,16). The van der Waals surface area contributed by atoms with Crippen LogP contribution in [0.2, 0.25) is 0 Å². The van der Waals surface area contributed by atoms with E-state index in [9.17, 15) is 4.39 Å². The van der Waals surface area contributed by atoms with Crippen LogP contribution in [0.3, 0.4) is 0 Å². The number of hydrogen-bond acceptors (Lipinski definition) is 3. The van der Waals surface area contributed by atoms with Gasteiger partial charge in [-0.2, -0.15) is 11.8 Å². The summed E-state index contributed by atoms with van der Waals surface area (Å²) >= 11 is 1.98. The molecular weight excluding hydrogens is 249 g/mol. The number of thioether (sulfide) groups is 1. The Morgan fingerprint density at radius 3 is 3.11 bits per heavy atom. The lowest BCUT2D eigenvalue weighted by atomic mass is 10.2. The molecule has 1 aromatic carbocycles. The van der Waals surface area contributed by atoms with Gasteiger partial charge in [-0.05, 0) is 30.7 Å². The Balaban J connectivity index is 1.95. The quantitative estimate of drug-likeness (QED) is 0.907. The fourth-order valence-corrected chi connectivity index (χ4v) is 3.77. The number of hydrogen-bond donors (Lipinski definition) is 1. The number of nitrogens with two attached hydrogens (primary N) is 1. The van der Waals surface area contributed by atoms with Crippen LogP contribution in [-0.2, 0) is 6.54 Å². The Bertz CT molecular complexity index is 561. The zero-order chi connectivity index (χ0) is 12.5. The minimum absolute atomic E-state index is 0.297. The summed E-state index contributed by atoms with van der Waals surface area (Å²) in [5.74, 6) is 1.33. The van der Waals surface area contributed by atoms with Crippen molar-refractivity contribution in [1.82, 2.24) is 9.55 Å². The van der Waals surface area contributed by atoms with Crippen molar-refractivity contribution in [3.63, 3.8) is 0 Å². The predicted octanol–water partition coefficient (Wildman–Crippen LogP) is 3.04. The average Bonchev–Trinajstić information content (AvgIpc) is 2.70. The molecular formula is C13H16FN3S. The normalized spacial score (nSPS) is 20.4. The lowest BCUT2D eigenvalue weighted by Crippen LogP contribution is -2.18. The predicted molar refractivity (Wildman–Crippen MR) is 74.2 cm³/mol. The van der Waals surface area contributed by atoms with Crippen molar-refractivity contribution in [2.24, 2.45) is 0 Å². The van der Waals surface area contributed by atoms with Crippen molar-refractivity contribution < 1.29 is 4.39 Å². The number of anilines is 1. The number of fused-ring (bicyclic) bond motifs is 1. The Hall–Kier alpha value is -1.23. The largest absolute Gasteiger partial charge is 0.369 e. The first-order chi connectivity index (χ1) is 8.75. The van der Waals surface area contributed by atoms with E-state index in [0.717, 1.165) is 12.1 Å². The highest BCUT2D eigenvalue weighted by Gasteiger charge is 2.18. The summed E-state index contributed by atoms with van der Waals surface area (Å²) in [5, 5.41) is 0.571.